The highest BCUT2D eigenvalue weighted by molar-refractivity contribution is 5.99. The van der Waals surface area contributed by atoms with E-state index >= 15 is 0 Å². The summed E-state index contributed by atoms with van der Waals surface area (Å²) >= 11 is 0. The molecule has 0 fully saturated rings. The van der Waals surface area contributed by atoms with Crippen LogP contribution in [0.15, 0.2) is 84.9 Å². The molecule has 0 saturated carbocycles. The Bertz CT molecular complexity index is 1170. The van der Waals surface area contributed by atoms with E-state index in [-0.39, 0.29) is 11.8 Å². The van der Waals surface area contributed by atoms with Crippen LogP contribution in [-0.4, -0.2) is 23.1 Å². The molecule has 5 nitrogen and oxygen atoms in total. The number of carbonyl (C=O) groups is 2. The molecule has 0 unspecified atom stereocenters. The topological polar surface area (TPSA) is 75.6 Å². The largest absolute Gasteiger partial charge is 0.480 e. The number of aliphatic carboxylic acids is 1. The van der Waals surface area contributed by atoms with Crippen LogP contribution < -0.4 is 10.1 Å². The highest BCUT2D eigenvalue weighted by Crippen LogP contribution is 2.45. The monoisotopic (exact) mass is 411 g/mol. The summed E-state index contributed by atoms with van der Waals surface area (Å²) in [6.07, 6.45) is 4.76. The number of benzene rings is 3. The number of rotatable bonds is 4. The maximum Gasteiger partial charge on any atom is 0.345 e. The van der Waals surface area contributed by atoms with Gasteiger partial charge in [0, 0.05) is 11.8 Å². The molecule has 2 aliphatic rings. The van der Waals surface area contributed by atoms with Gasteiger partial charge in [0.15, 0.2) is 0 Å². The van der Waals surface area contributed by atoms with Crippen molar-refractivity contribution in [1.82, 2.24) is 0 Å². The third-order valence-electron chi connectivity index (χ3n) is 6.05. The summed E-state index contributed by atoms with van der Waals surface area (Å²) in [4.78, 5) is 24.8. The summed E-state index contributed by atoms with van der Waals surface area (Å²) in [6.45, 7) is 0. The number of para-hydroxylation sites is 1. The van der Waals surface area contributed by atoms with E-state index in [4.69, 9.17) is 4.74 Å². The van der Waals surface area contributed by atoms with Gasteiger partial charge in [-0.05, 0) is 41.3 Å². The molecule has 1 heterocycles. The second-order valence-electron chi connectivity index (χ2n) is 7.86. The van der Waals surface area contributed by atoms with Crippen molar-refractivity contribution in [3.8, 4) is 16.9 Å². The summed E-state index contributed by atoms with van der Waals surface area (Å²) < 4.78 is 5.62. The second-order valence-corrected chi connectivity index (χ2v) is 7.86. The summed E-state index contributed by atoms with van der Waals surface area (Å²) in [5, 5.41) is 12.8. The van der Waals surface area contributed by atoms with Crippen LogP contribution in [0.25, 0.3) is 11.1 Å². The molecule has 3 atom stereocenters. The van der Waals surface area contributed by atoms with Crippen molar-refractivity contribution in [1.29, 1.82) is 0 Å². The predicted molar refractivity (Wildman–Crippen MR) is 118 cm³/mol. The first kappa shape index (κ1) is 19.1. The SMILES string of the molecule is O=C(Oc1ccc(-c2ccccc2)cc1)c1cccc2c1N[C@@H](C(=O)O)[C@@H]1CC=C[C@H]21. The first-order valence-corrected chi connectivity index (χ1v) is 10.3. The van der Waals surface area contributed by atoms with E-state index in [2.05, 4.69) is 5.32 Å². The van der Waals surface area contributed by atoms with Gasteiger partial charge in [-0.2, -0.15) is 0 Å². The fourth-order valence-electron chi connectivity index (χ4n) is 4.54. The smallest absolute Gasteiger partial charge is 0.345 e. The second kappa shape index (κ2) is 7.76. The standard InChI is InChI=1S/C26H21NO4/c28-25(29)24-21-10-4-8-19(21)20-9-5-11-22(23(20)27-24)26(30)31-18-14-12-17(13-15-18)16-6-2-1-3-7-16/h1-9,11-15,19,21,24,27H,10H2,(H,28,29)/t19-,21-,24-/m1/s1. The van der Waals surface area contributed by atoms with E-state index < -0.39 is 18.0 Å². The number of esters is 1. The number of hydrogen-bond donors (Lipinski definition) is 2. The quantitative estimate of drug-likeness (QED) is 0.354. The van der Waals surface area contributed by atoms with E-state index in [0.717, 1.165) is 16.7 Å². The zero-order valence-electron chi connectivity index (χ0n) is 16.7. The molecule has 0 amide bonds. The Morgan fingerprint density at radius 1 is 0.903 bits per heavy atom. The molecule has 31 heavy (non-hydrogen) atoms. The normalized spacial score (nSPS) is 21.0. The number of carboxylic acids is 1. The Balaban J connectivity index is 1.41. The van der Waals surface area contributed by atoms with Crippen molar-refractivity contribution < 1.29 is 19.4 Å². The van der Waals surface area contributed by atoms with E-state index in [0.29, 0.717) is 23.4 Å². The number of carboxylic acid groups (broad SMARTS) is 1. The molecule has 2 N–H and O–H groups in total. The molecule has 0 radical (unpaired) electrons. The molecule has 3 aromatic carbocycles. The first-order valence-electron chi connectivity index (χ1n) is 10.3. The number of hydrogen-bond acceptors (Lipinski definition) is 4. The van der Waals surface area contributed by atoms with Gasteiger partial charge in [0.2, 0.25) is 0 Å². The third kappa shape index (κ3) is 3.48. The lowest BCUT2D eigenvalue weighted by molar-refractivity contribution is -0.139. The lowest BCUT2D eigenvalue weighted by Gasteiger charge is -2.35. The molecule has 0 aromatic heterocycles. The van der Waals surface area contributed by atoms with Crippen LogP contribution in [-0.2, 0) is 4.79 Å². The van der Waals surface area contributed by atoms with Crippen LogP contribution in [0.1, 0.15) is 28.3 Å². The van der Waals surface area contributed by atoms with Crippen LogP contribution >= 0.6 is 0 Å². The number of anilines is 1. The van der Waals surface area contributed by atoms with Crippen molar-refractivity contribution in [3.05, 3.63) is 96.1 Å². The van der Waals surface area contributed by atoms with Crippen molar-refractivity contribution in [2.75, 3.05) is 5.32 Å². The van der Waals surface area contributed by atoms with Gasteiger partial charge in [0.05, 0.1) is 11.3 Å². The molecule has 0 bridgehead atoms. The highest BCUT2D eigenvalue weighted by atomic mass is 16.5. The molecular formula is C26H21NO4. The maximum absolute atomic E-state index is 13.0. The van der Waals surface area contributed by atoms with Gasteiger partial charge in [-0.15, -0.1) is 0 Å². The van der Waals surface area contributed by atoms with Gasteiger partial charge < -0.3 is 15.2 Å². The minimum Gasteiger partial charge on any atom is -0.480 e. The van der Waals surface area contributed by atoms with Gasteiger partial charge in [-0.3, -0.25) is 0 Å². The van der Waals surface area contributed by atoms with Crippen LogP contribution in [0, 0.1) is 5.92 Å². The van der Waals surface area contributed by atoms with Gasteiger partial charge >= 0.3 is 11.9 Å². The Hall–Kier alpha value is -3.86. The molecule has 154 valence electrons. The predicted octanol–water partition coefficient (Wildman–Crippen LogP) is 5.11. The minimum absolute atomic E-state index is 0.0183. The lowest BCUT2D eigenvalue weighted by atomic mass is 9.78. The Morgan fingerprint density at radius 3 is 2.39 bits per heavy atom. The van der Waals surface area contributed by atoms with Crippen molar-refractivity contribution in [3.63, 3.8) is 0 Å². The van der Waals surface area contributed by atoms with Crippen molar-refractivity contribution >= 4 is 17.6 Å². The van der Waals surface area contributed by atoms with E-state index in [1.165, 1.54) is 0 Å². The molecule has 5 heteroatoms. The van der Waals surface area contributed by atoms with E-state index in [1.807, 2.05) is 66.7 Å². The van der Waals surface area contributed by atoms with Gasteiger partial charge in [-0.25, -0.2) is 9.59 Å². The lowest BCUT2D eigenvalue weighted by Crippen LogP contribution is -2.42. The zero-order chi connectivity index (χ0) is 21.4. The minimum atomic E-state index is -0.913. The maximum atomic E-state index is 13.0. The Kier molecular flexibility index (Phi) is 4.79. The average Bonchev–Trinajstić information content (AvgIpc) is 3.29. The van der Waals surface area contributed by atoms with Crippen LogP contribution in [0.3, 0.4) is 0 Å². The van der Waals surface area contributed by atoms with E-state index in [1.54, 1.807) is 18.2 Å². The van der Waals surface area contributed by atoms with Gasteiger partial charge in [0.25, 0.3) is 0 Å². The van der Waals surface area contributed by atoms with Crippen LogP contribution in [0.5, 0.6) is 5.75 Å². The average molecular weight is 411 g/mol. The summed E-state index contributed by atoms with van der Waals surface area (Å²) in [6, 6.07) is 22.0. The molecule has 1 aliphatic carbocycles. The summed E-state index contributed by atoms with van der Waals surface area (Å²) in [7, 11) is 0. The first-order chi connectivity index (χ1) is 15.1. The summed E-state index contributed by atoms with van der Waals surface area (Å²) in [5.74, 6) is -1.06. The van der Waals surface area contributed by atoms with Gasteiger partial charge in [-0.1, -0.05) is 66.7 Å². The van der Waals surface area contributed by atoms with Crippen molar-refractivity contribution in [2.24, 2.45) is 5.92 Å². The third-order valence-corrected chi connectivity index (χ3v) is 6.05. The molecule has 0 saturated heterocycles. The summed E-state index contributed by atoms with van der Waals surface area (Å²) in [5.41, 5.74) is 3.94. The fourth-order valence-corrected chi connectivity index (χ4v) is 4.54. The molecule has 3 aromatic rings. The van der Waals surface area contributed by atoms with Crippen molar-refractivity contribution in [2.45, 2.75) is 18.4 Å². The number of ether oxygens (including phenoxy) is 1. The van der Waals surface area contributed by atoms with E-state index in [9.17, 15) is 14.7 Å². The van der Waals surface area contributed by atoms with Crippen LogP contribution in [0.4, 0.5) is 5.69 Å². The molecular weight excluding hydrogens is 390 g/mol. The number of allylic oxidation sites excluding steroid dienone is 2. The zero-order valence-corrected chi connectivity index (χ0v) is 16.7. The number of carbonyl (C=O) groups excluding carboxylic acids is 1. The Labute approximate surface area is 180 Å². The molecule has 1 aliphatic heterocycles. The number of nitrogens with one attached hydrogen (secondary N) is 1. The highest BCUT2D eigenvalue weighted by Gasteiger charge is 2.42. The van der Waals surface area contributed by atoms with Gasteiger partial charge in [0.1, 0.15) is 11.8 Å². The molecule has 0 spiro atoms. The molecule has 5 rings (SSSR count). The fraction of sp³-hybridized carbons (Fsp3) is 0.154. The number of fused-ring (bicyclic) bond motifs is 3. The Morgan fingerprint density at radius 2 is 1.65 bits per heavy atom. The van der Waals surface area contributed by atoms with Crippen LogP contribution in [0.2, 0.25) is 0 Å².